The van der Waals surface area contributed by atoms with Gasteiger partial charge in [0.1, 0.15) is 11.5 Å². The van der Waals surface area contributed by atoms with Gasteiger partial charge in [0, 0.05) is 16.8 Å². The zero-order chi connectivity index (χ0) is 22.8. The third-order valence-electron chi connectivity index (χ3n) is 4.75. The van der Waals surface area contributed by atoms with Crippen molar-refractivity contribution < 1.29 is 13.7 Å². The summed E-state index contributed by atoms with van der Waals surface area (Å²) in [5.41, 5.74) is 2.22. The van der Waals surface area contributed by atoms with E-state index in [1.807, 2.05) is 12.1 Å². The second kappa shape index (κ2) is 8.90. The Bertz CT molecular complexity index is 1450. The van der Waals surface area contributed by atoms with Crippen LogP contribution in [0.25, 0.3) is 34.3 Å². The van der Waals surface area contributed by atoms with E-state index in [0.717, 1.165) is 0 Å². The van der Waals surface area contributed by atoms with Gasteiger partial charge in [-0.25, -0.2) is 0 Å². The number of amides is 1. The van der Waals surface area contributed by atoms with Crippen LogP contribution >= 0.6 is 23.2 Å². The second-order valence-corrected chi connectivity index (χ2v) is 7.77. The molecule has 0 unspecified atom stereocenters. The highest BCUT2D eigenvalue weighted by molar-refractivity contribution is 6.35. The molecule has 5 aromatic rings. The van der Waals surface area contributed by atoms with E-state index >= 15 is 0 Å². The van der Waals surface area contributed by atoms with Gasteiger partial charge >= 0.3 is 0 Å². The van der Waals surface area contributed by atoms with Crippen molar-refractivity contribution in [3.63, 3.8) is 0 Å². The highest BCUT2D eigenvalue weighted by atomic mass is 35.5. The van der Waals surface area contributed by atoms with Gasteiger partial charge in [0.2, 0.25) is 5.82 Å². The molecule has 0 saturated heterocycles. The molecule has 0 radical (unpaired) electrons. The van der Waals surface area contributed by atoms with Gasteiger partial charge in [-0.15, -0.1) is 0 Å². The highest BCUT2D eigenvalue weighted by Gasteiger charge is 2.19. The molecule has 0 fully saturated rings. The van der Waals surface area contributed by atoms with Crippen LogP contribution in [0.1, 0.15) is 10.6 Å². The first kappa shape index (κ1) is 20.9. The maximum Gasteiger partial charge on any atom is 0.291 e. The first-order chi connectivity index (χ1) is 16.1. The fraction of sp³-hybridized carbons (Fsp3) is 0. The van der Waals surface area contributed by atoms with Crippen molar-refractivity contribution >= 4 is 34.8 Å². The number of carbonyl (C=O) groups is 1. The third kappa shape index (κ3) is 4.37. The van der Waals surface area contributed by atoms with Crippen molar-refractivity contribution in [2.24, 2.45) is 0 Å². The fourth-order valence-electron chi connectivity index (χ4n) is 3.19. The van der Waals surface area contributed by atoms with Crippen LogP contribution in [-0.4, -0.2) is 21.0 Å². The number of benzene rings is 2. The van der Waals surface area contributed by atoms with Crippen LogP contribution in [0, 0.1) is 0 Å². The number of para-hydroxylation sites is 1. The molecule has 3 aromatic heterocycles. The summed E-state index contributed by atoms with van der Waals surface area (Å²) in [6, 6.07) is 20.8. The number of hydrogen-bond acceptors (Lipinski definition) is 6. The molecule has 3 heterocycles. The van der Waals surface area contributed by atoms with Gasteiger partial charge < -0.3 is 14.3 Å². The van der Waals surface area contributed by atoms with Crippen molar-refractivity contribution in [3.05, 3.63) is 94.8 Å². The molecule has 9 heteroatoms. The summed E-state index contributed by atoms with van der Waals surface area (Å²) in [4.78, 5) is 21.5. The predicted octanol–water partition coefficient (Wildman–Crippen LogP) is 6.62. The Kier molecular flexibility index (Phi) is 5.64. The average molecular weight is 477 g/mol. The summed E-state index contributed by atoms with van der Waals surface area (Å²) in [7, 11) is 0. The predicted molar refractivity (Wildman–Crippen MR) is 125 cm³/mol. The SMILES string of the molecule is O=C(Nc1ccccc1-c1nc(-c2ccccn2)no1)c1ccc(-c2cc(Cl)ccc2Cl)o1. The monoisotopic (exact) mass is 476 g/mol. The Morgan fingerprint density at radius 2 is 1.76 bits per heavy atom. The zero-order valence-corrected chi connectivity index (χ0v) is 18.3. The molecule has 0 aliphatic heterocycles. The molecular weight excluding hydrogens is 463 g/mol. The van der Waals surface area contributed by atoms with Gasteiger partial charge in [-0.05, 0) is 54.6 Å². The number of nitrogens with zero attached hydrogens (tertiary/aromatic N) is 3. The van der Waals surface area contributed by atoms with E-state index in [9.17, 15) is 4.79 Å². The summed E-state index contributed by atoms with van der Waals surface area (Å²) in [6.45, 7) is 0. The molecule has 33 heavy (non-hydrogen) atoms. The fourth-order valence-corrected chi connectivity index (χ4v) is 3.57. The Labute approximate surface area is 198 Å². The normalized spacial score (nSPS) is 10.8. The van der Waals surface area contributed by atoms with Crippen molar-refractivity contribution in [3.8, 4) is 34.3 Å². The topological polar surface area (TPSA) is 94.1 Å². The Balaban J connectivity index is 1.40. The molecule has 0 bridgehead atoms. The number of nitrogens with one attached hydrogen (secondary N) is 1. The number of carbonyl (C=O) groups excluding carboxylic acids is 1. The van der Waals surface area contributed by atoms with Crippen LogP contribution in [0.3, 0.4) is 0 Å². The minimum absolute atomic E-state index is 0.107. The first-order valence-electron chi connectivity index (χ1n) is 9.79. The van der Waals surface area contributed by atoms with Gasteiger partial charge in [0.25, 0.3) is 11.8 Å². The molecule has 7 nitrogen and oxygen atoms in total. The largest absolute Gasteiger partial charge is 0.451 e. The Hall–Kier alpha value is -3.94. The highest BCUT2D eigenvalue weighted by Crippen LogP contribution is 2.33. The van der Waals surface area contributed by atoms with Gasteiger partial charge in [0.05, 0.1) is 16.3 Å². The maximum atomic E-state index is 12.9. The lowest BCUT2D eigenvalue weighted by Gasteiger charge is -2.07. The lowest BCUT2D eigenvalue weighted by atomic mass is 10.1. The smallest absolute Gasteiger partial charge is 0.291 e. The van der Waals surface area contributed by atoms with E-state index in [1.54, 1.807) is 66.9 Å². The molecule has 2 aromatic carbocycles. The number of hydrogen-bond donors (Lipinski definition) is 1. The number of furan rings is 1. The van der Waals surface area contributed by atoms with E-state index in [-0.39, 0.29) is 11.7 Å². The third-order valence-corrected chi connectivity index (χ3v) is 5.31. The molecular formula is C24H14Cl2N4O3. The molecule has 0 aliphatic rings. The van der Waals surface area contributed by atoms with Gasteiger partial charge in [0.15, 0.2) is 5.76 Å². The second-order valence-electron chi connectivity index (χ2n) is 6.93. The summed E-state index contributed by atoms with van der Waals surface area (Å²) >= 11 is 12.3. The summed E-state index contributed by atoms with van der Waals surface area (Å²) in [6.07, 6.45) is 1.65. The molecule has 0 atom stereocenters. The molecule has 0 aliphatic carbocycles. The van der Waals surface area contributed by atoms with Gasteiger partial charge in [-0.2, -0.15) is 4.98 Å². The Morgan fingerprint density at radius 3 is 2.61 bits per heavy atom. The molecule has 1 amide bonds. The first-order valence-corrected chi connectivity index (χ1v) is 10.6. The number of anilines is 1. The van der Waals surface area contributed by atoms with Crippen LogP contribution in [0.15, 0.2) is 87.9 Å². The van der Waals surface area contributed by atoms with E-state index in [2.05, 4.69) is 20.4 Å². The van der Waals surface area contributed by atoms with Crippen molar-refractivity contribution in [2.75, 3.05) is 5.32 Å². The summed E-state index contributed by atoms with van der Waals surface area (Å²) in [5.74, 6) is 0.683. The standard InChI is InChI=1S/C24H14Cl2N4O3/c25-14-8-9-17(26)16(13-14)20-10-11-21(32-20)23(31)28-18-6-2-1-5-15(18)24-29-22(30-33-24)19-7-3-4-12-27-19/h1-13H,(H,28,31). The van der Waals surface area contributed by atoms with Crippen LogP contribution in [-0.2, 0) is 0 Å². The summed E-state index contributed by atoms with van der Waals surface area (Å²) in [5, 5.41) is 7.79. The van der Waals surface area contributed by atoms with Crippen LogP contribution in [0.2, 0.25) is 10.0 Å². The number of aromatic nitrogens is 3. The maximum absolute atomic E-state index is 12.9. The van der Waals surface area contributed by atoms with Crippen LogP contribution in [0.5, 0.6) is 0 Å². The molecule has 1 N–H and O–H groups in total. The minimum Gasteiger partial charge on any atom is -0.451 e. The van der Waals surface area contributed by atoms with Gasteiger partial charge in [-0.1, -0.05) is 46.6 Å². The lowest BCUT2D eigenvalue weighted by molar-refractivity contribution is 0.0997. The van der Waals surface area contributed by atoms with E-state index < -0.39 is 5.91 Å². The minimum atomic E-state index is -0.448. The number of pyridine rings is 1. The quantitative estimate of drug-likeness (QED) is 0.306. The molecule has 5 rings (SSSR count). The van der Waals surface area contributed by atoms with E-state index in [0.29, 0.717) is 44.1 Å². The lowest BCUT2D eigenvalue weighted by Crippen LogP contribution is -2.11. The molecule has 0 spiro atoms. The molecule has 0 saturated carbocycles. The molecule has 162 valence electrons. The van der Waals surface area contributed by atoms with Crippen LogP contribution in [0.4, 0.5) is 5.69 Å². The zero-order valence-electron chi connectivity index (χ0n) is 16.8. The van der Waals surface area contributed by atoms with Gasteiger partial charge in [-0.3, -0.25) is 9.78 Å². The number of halogens is 2. The summed E-state index contributed by atoms with van der Waals surface area (Å²) < 4.78 is 11.1. The number of rotatable bonds is 5. The van der Waals surface area contributed by atoms with E-state index in [1.165, 1.54) is 0 Å². The van der Waals surface area contributed by atoms with Crippen molar-refractivity contribution in [2.45, 2.75) is 0 Å². The van der Waals surface area contributed by atoms with Crippen molar-refractivity contribution in [1.82, 2.24) is 15.1 Å². The van der Waals surface area contributed by atoms with Crippen molar-refractivity contribution in [1.29, 1.82) is 0 Å². The van der Waals surface area contributed by atoms with Crippen LogP contribution < -0.4 is 5.32 Å². The van der Waals surface area contributed by atoms with E-state index in [4.69, 9.17) is 32.1 Å². The average Bonchev–Trinajstić information content (AvgIpc) is 3.52. The Morgan fingerprint density at radius 1 is 0.909 bits per heavy atom.